The smallest absolute Gasteiger partial charge is 0.416 e. The third-order valence-electron chi connectivity index (χ3n) is 4.66. The minimum absolute atomic E-state index is 0.164. The van der Waals surface area contributed by atoms with Crippen molar-refractivity contribution in [2.24, 2.45) is 0 Å². The summed E-state index contributed by atoms with van der Waals surface area (Å²) in [6.45, 7) is -0.828. The van der Waals surface area contributed by atoms with Crippen molar-refractivity contribution in [1.29, 1.82) is 0 Å². The van der Waals surface area contributed by atoms with Gasteiger partial charge in [-0.2, -0.15) is 31.4 Å². The molecule has 0 N–H and O–H groups in total. The molecule has 6 nitrogen and oxygen atoms in total. The summed E-state index contributed by atoms with van der Waals surface area (Å²) in [5.41, 5.74) is -4.21. The molecule has 1 aliphatic rings. The van der Waals surface area contributed by atoms with E-state index in [1.807, 2.05) is 0 Å². The van der Waals surface area contributed by atoms with Crippen LogP contribution in [-0.4, -0.2) is 27.4 Å². The van der Waals surface area contributed by atoms with E-state index in [1.165, 1.54) is 0 Å². The van der Waals surface area contributed by atoms with Crippen LogP contribution >= 0.6 is 0 Å². The summed E-state index contributed by atoms with van der Waals surface area (Å²) in [4.78, 5) is 24.5. The van der Waals surface area contributed by atoms with Crippen molar-refractivity contribution in [3.8, 4) is 0 Å². The van der Waals surface area contributed by atoms with Gasteiger partial charge in [0.05, 0.1) is 24.8 Å². The van der Waals surface area contributed by atoms with Gasteiger partial charge in [0.1, 0.15) is 11.9 Å². The van der Waals surface area contributed by atoms with Gasteiger partial charge in [-0.25, -0.2) is 14.3 Å². The average molecular weight is 423 g/mol. The molecule has 158 valence electrons. The van der Waals surface area contributed by atoms with Gasteiger partial charge in [0.15, 0.2) is 0 Å². The fourth-order valence-electron chi connectivity index (χ4n) is 3.33. The van der Waals surface area contributed by atoms with Gasteiger partial charge < -0.3 is 4.74 Å². The summed E-state index contributed by atoms with van der Waals surface area (Å²) in [5, 5.41) is 3.94. The van der Waals surface area contributed by atoms with Crippen molar-refractivity contribution in [2.75, 3.05) is 7.11 Å². The van der Waals surface area contributed by atoms with Crippen LogP contribution in [0.15, 0.2) is 23.0 Å². The zero-order chi connectivity index (χ0) is 21.6. The molecule has 0 bridgehead atoms. The number of carbonyl (C=O) groups is 1. The maximum Gasteiger partial charge on any atom is 0.416 e. The summed E-state index contributed by atoms with van der Waals surface area (Å²) in [6, 6.07) is 0.0381. The Bertz CT molecular complexity index is 990. The molecular weight excluding hydrogens is 408 g/mol. The highest BCUT2D eigenvalue weighted by atomic mass is 19.4. The van der Waals surface area contributed by atoms with Gasteiger partial charge in [0.2, 0.25) is 0 Å². The Morgan fingerprint density at radius 3 is 2.48 bits per heavy atom. The molecule has 1 unspecified atom stereocenters. The molecule has 0 amide bonds. The van der Waals surface area contributed by atoms with Crippen molar-refractivity contribution < 1.29 is 35.9 Å². The molecule has 0 aliphatic carbocycles. The molecule has 1 aliphatic heterocycles. The highest BCUT2D eigenvalue weighted by molar-refractivity contribution is 5.74. The second-order valence-electron chi connectivity index (χ2n) is 6.53. The number of carbonyl (C=O) groups excluding carboxylic acids is 1. The fraction of sp³-hybridized carbons (Fsp3) is 0.471. The van der Waals surface area contributed by atoms with Gasteiger partial charge in [-0.3, -0.25) is 4.57 Å². The predicted octanol–water partition coefficient (Wildman–Crippen LogP) is 3.18. The Labute approximate surface area is 159 Å². The number of methoxy groups -OCH3 is 1. The first-order valence-corrected chi connectivity index (χ1v) is 8.47. The van der Waals surface area contributed by atoms with Crippen LogP contribution in [-0.2, 0) is 34.8 Å². The molecule has 2 heterocycles. The van der Waals surface area contributed by atoms with E-state index in [9.17, 15) is 35.9 Å². The summed E-state index contributed by atoms with van der Waals surface area (Å²) in [6.07, 6.45) is -8.70. The number of fused-ring (bicyclic) bond motifs is 1. The number of esters is 1. The zero-order valence-electron chi connectivity index (χ0n) is 15.0. The highest BCUT2D eigenvalue weighted by Crippen LogP contribution is 2.36. The van der Waals surface area contributed by atoms with E-state index < -0.39 is 53.3 Å². The second-order valence-corrected chi connectivity index (χ2v) is 6.53. The lowest BCUT2D eigenvalue weighted by Crippen LogP contribution is -2.35. The second kappa shape index (κ2) is 7.23. The molecule has 2 aromatic rings. The van der Waals surface area contributed by atoms with Crippen LogP contribution < -0.4 is 5.69 Å². The number of hydrogen-bond donors (Lipinski definition) is 0. The number of benzene rings is 1. The summed E-state index contributed by atoms with van der Waals surface area (Å²) in [7, 11) is 1.13. The summed E-state index contributed by atoms with van der Waals surface area (Å²) >= 11 is 0. The van der Waals surface area contributed by atoms with Crippen LogP contribution in [0.5, 0.6) is 0 Å². The summed E-state index contributed by atoms with van der Waals surface area (Å²) < 4.78 is 85.0. The Hall–Kier alpha value is -2.79. The number of nitrogens with zero attached hydrogens (tertiary/aromatic N) is 3. The molecule has 0 radical (unpaired) electrons. The third-order valence-corrected chi connectivity index (χ3v) is 4.66. The predicted molar refractivity (Wildman–Crippen MR) is 86.0 cm³/mol. The lowest BCUT2D eigenvalue weighted by atomic mass is 10.0. The number of alkyl halides is 6. The first kappa shape index (κ1) is 20.9. The molecule has 0 saturated heterocycles. The molecule has 3 rings (SSSR count). The van der Waals surface area contributed by atoms with E-state index in [0.717, 1.165) is 11.7 Å². The van der Waals surface area contributed by atoms with Crippen molar-refractivity contribution in [3.63, 3.8) is 0 Å². The Morgan fingerprint density at radius 1 is 1.21 bits per heavy atom. The van der Waals surface area contributed by atoms with Gasteiger partial charge in [0.25, 0.3) is 0 Å². The number of aryl methyl sites for hydroxylation is 1. The minimum atomic E-state index is -4.92. The monoisotopic (exact) mass is 423 g/mol. The maximum absolute atomic E-state index is 13.3. The van der Waals surface area contributed by atoms with Crippen LogP contribution in [0.4, 0.5) is 26.3 Å². The SMILES string of the molecule is COC(=O)C1CCCc2nn(Cc3cc(C(F)(F)F)ccc3C(F)(F)F)c(=O)n21. The van der Waals surface area contributed by atoms with Gasteiger partial charge in [0, 0.05) is 6.42 Å². The molecule has 1 aromatic carbocycles. The molecule has 1 atom stereocenters. The van der Waals surface area contributed by atoms with E-state index in [1.54, 1.807) is 0 Å². The average Bonchev–Trinajstić information content (AvgIpc) is 2.95. The number of hydrogen-bond acceptors (Lipinski definition) is 4. The van der Waals surface area contributed by atoms with Crippen molar-refractivity contribution in [1.82, 2.24) is 14.3 Å². The molecule has 0 spiro atoms. The molecule has 29 heavy (non-hydrogen) atoms. The number of rotatable bonds is 3. The van der Waals surface area contributed by atoms with Crippen LogP contribution in [0.2, 0.25) is 0 Å². The topological polar surface area (TPSA) is 66.1 Å². The molecule has 1 aromatic heterocycles. The Kier molecular flexibility index (Phi) is 5.22. The number of ether oxygens (including phenoxy) is 1. The first-order chi connectivity index (χ1) is 13.4. The van der Waals surface area contributed by atoms with Gasteiger partial charge in [-0.05, 0) is 36.6 Å². The summed E-state index contributed by atoms with van der Waals surface area (Å²) in [5.74, 6) is -0.542. The molecule has 0 saturated carbocycles. The molecular formula is C17H15F6N3O3. The standard InChI is InChI=1S/C17H15F6N3O3/c1-29-14(27)12-3-2-4-13-24-25(15(28)26(12)13)8-9-7-10(16(18,19)20)5-6-11(9)17(21,22)23/h5-7,12H,2-4,8H2,1H3. The fourth-order valence-corrected chi connectivity index (χ4v) is 3.33. The van der Waals surface area contributed by atoms with E-state index in [4.69, 9.17) is 0 Å². The van der Waals surface area contributed by atoms with E-state index in [0.29, 0.717) is 35.7 Å². The molecule has 12 heteroatoms. The van der Waals surface area contributed by atoms with Gasteiger partial charge in [-0.15, -0.1) is 0 Å². The van der Waals surface area contributed by atoms with Crippen molar-refractivity contribution in [3.05, 3.63) is 51.2 Å². The van der Waals surface area contributed by atoms with Crippen LogP contribution in [0, 0.1) is 0 Å². The van der Waals surface area contributed by atoms with Gasteiger partial charge in [-0.1, -0.05) is 0 Å². The van der Waals surface area contributed by atoms with Crippen molar-refractivity contribution in [2.45, 2.75) is 44.2 Å². The number of aromatic nitrogens is 3. The normalized spacial score (nSPS) is 17.1. The Morgan fingerprint density at radius 2 is 1.90 bits per heavy atom. The van der Waals surface area contributed by atoms with E-state index >= 15 is 0 Å². The van der Waals surface area contributed by atoms with Crippen LogP contribution in [0.1, 0.15) is 41.4 Å². The highest BCUT2D eigenvalue weighted by Gasteiger charge is 2.38. The van der Waals surface area contributed by atoms with Crippen molar-refractivity contribution >= 4 is 5.97 Å². The van der Waals surface area contributed by atoms with Crippen LogP contribution in [0.3, 0.4) is 0 Å². The largest absolute Gasteiger partial charge is 0.467 e. The van der Waals surface area contributed by atoms with E-state index in [-0.39, 0.29) is 12.2 Å². The van der Waals surface area contributed by atoms with E-state index in [2.05, 4.69) is 9.84 Å². The third kappa shape index (κ3) is 4.01. The first-order valence-electron chi connectivity index (χ1n) is 8.47. The number of halogens is 6. The van der Waals surface area contributed by atoms with Crippen LogP contribution in [0.25, 0.3) is 0 Å². The molecule has 0 fully saturated rings. The quantitative estimate of drug-likeness (QED) is 0.562. The zero-order valence-corrected chi connectivity index (χ0v) is 15.0. The lowest BCUT2D eigenvalue weighted by Gasteiger charge is -2.20. The lowest BCUT2D eigenvalue weighted by molar-refractivity contribution is -0.145. The minimum Gasteiger partial charge on any atom is -0.467 e. The van der Waals surface area contributed by atoms with Gasteiger partial charge >= 0.3 is 24.0 Å². The maximum atomic E-state index is 13.3. The Balaban J connectivity index is 2.08.